The SMILES string of the molecule is COC(=O)c1ccc(Cl)c(NC(=O)c2nc(C)c(C)s2)c1. The molecular formula is C14H13ClN2O3S. The number of benzene rings is 1. The van der Waals surface area contributed by atoms with Gasteiger partial charge < -0.3 is 10.1 Å². The molecule has 1 heterocycles. The number of carbonyl (C=O) groups excluding carboxylic acids is 2. The molecule has 1 amide bonds. The topological polar surface area (TPSA) is 68.3 Å². The fourth-order valence-electron chi connectivity index (χ4n) is 1.61. The van der Waals surface area contributed by atoms with Gasteiger partial charge in [0.1, 0.15) is 0 Å². The molecule has 0 aliphatic heterocycles. The number of nitrogens with zero attached hydrogens (tertiary/aromatic N) is 1. The summed E-state index contributed by atoms with van der Waals surface area (Å²) < 4.78 is 4.63. The van der Waals surface area contributed by atoms with E-state index in [-0.39, 0.29) is 5.91 Å². The van der Waals surface area contributed by atoms with Gasteiger partial charge in [-0.25, -0.2) is 9.78 Å². The number of rotatable bonds is 3. The summed E-state index contributed by atoms with van der Waals surface area (Å²) in [5.41, 5.74) is 1.47. The van der Waals surface area contributed by atoms with E-state index < -0.39 is 5.97 Å². The van der Waals surface area contributed by atoms with Crippen LogP contribution in [0.15, 0.2) is 18.2 Å². The molecule has 0 saturated carbocycles. The van der Waals surface area contributed by atoms with Gasteiger partial charge in [-0.2, -0.15) is 0 Å². The molecule has 2 rings (SSSR count). The molecule has 1 N–H and O–H groups in total. The second-order valence-corrected chi connectivity index (χ2v) is 5.91. The number of anilines is 1. The number of carbonyl (C=O) groups is 2. The van der Waals surface area contributed by atoms with Gasteiger partial charge in [0.25, 0.3) is 5.91 Å². The summed E-state index contributed by atoms with van der Waals surface area (Å²) >= 11 is 7.33. The van der Waals surface area contributed by atoms with E-state index in [4.69, 9.17) is 11.6 Å². The lowest BCUT2D eigenvalue weighted by Gasteiger charge is -2.07. The highest BCUT2D eigenvalue weighted by Gasteiger charge is 2.15. The molecule has 0 aliphatic carbocycles. The number of hydrogen-bond acceptors (Lipinski definition) is 5. The minimum absolute atomic E-state index is 0.309. The van der Waals surface area contributed by atoms with Gasteiger partial charge in [0.15, 0.2) is 5.01 Å². The molecule has 0 spiro atoms. The molecule has 2 aromatic rings. The van der Waals surface area contributed by atoms with Gasteiger partial charge in [-0.3, -0.25) is 4.79 Å². The number of thiazole rings is 1. The maximum atomic E-state index is 12.1. The van der Waals surface area contributed by atoms with Crippen LogP contribution in [0.1, 0.15) is 30.7 Å². The molecule has 110 valence electrons. The zero-order valence-corrected chi connectivity index (χ0v) is 13.3. The lowest BCUT2D eigenvalue weighted by atomic mass is 10.2. The van der Waals surface area contributed by atoms with Crippen LogP contribution < -0.4 is 5.32 Å². The fourth-order valence-corrected chi connectivity index (χ4v) is 2.59. The van der Waals surface area contributed by atoms with E-state index in [1.54, 1.807) is 0 Å². The standard InChI is InChI=1S/C14H13ClN2O3S/c1-7-8(2)21-13(16-7)12(18)17-11-6-9(14(19)20-3)4-5-10(11)15/h4-6H,1-3H3,(H,17,18). The lowest BCUT2D eigenvalue weighted by molar-refractivity contribution is 0.0600. The first-order valence-electron chi connectivity index (χ1n) is 6.05. The van der Waals surface area contributed by atoms with Crippen LogP contribution in [0.2, 0.25) is 5.02 Å². The Morgan fingerprint density at radius 3 is 2.62 bits per heavy atom. The van der Waals surface area contributed by atoms with Crippen LogP contribution >= 0.6 is 22.9 Å². The summed E-state index contributed by atoms with van der Waals surface area (Å²) in [5.74, 6) is -0.858. The van der Waals surface area contributed by atoms with Crippen LogP contribution in [0.5, 0.6) is 0 Å². The molecule has 0 radical (unpaired) electrons. The molecule has 0 fully saturated rings. The maximum absolute atomic E-state index is 12.1. The van der Waals surface area contributed by atoms with Crippen molar-refractivity contribution in [2.24, 2.45) is 0 Å². The summed E-state index contributed by atoms with van der Waals surface area (Å²) in [6, 6.07) is 4.53. The number of esters is 1. The van der Waals surface area contributed by atoms with Crippen molar-refractivity contribution in [1.29, 1.82) is 0 Å². The average molecular weight is 325 g/mol. The summed E-state index contributed by atoms with van der Waals surface area (Å²) in [5, 5.41) is 3.34. The number of aryl methyl sites for hydroxylation is 2. The first-order chi connectivity index (χ1) is 9.92. The van der Waals surface area contributed by atoms with Crippen LogP contribution in [0.3, 0.4) is 0 Å². The van der Waals surface area contributed by atoms with Crippen molar-refractivity contribution in [3.63, 3.8) is 0 Å². The summed E-state index contributed by atoms with van der Waals surface area (Å²) in [6.45, 7) is 3.74. The molecule has 0 unspecified atom stereocenters. The van der Waals surface area contributed by atoms with E-state index in [0.717, 1.165) is 10.6 Å². The van der Waals surface area contributed by atoms with Crippen LogP contribution in [0, 0.1) is 13.8 Å². The van der Waals surface area contributed by atoms with Crippen LogP contribution in [0.4, 0.5) is 5.69 Å². The van der Waals surface area contributed by atoms with Crippen LogP contribution in [0.25, 0.3) is 0 Å². The normalized spacial score (nSPS) is 10.3. The minimum Gasteiger partial charge on any atom is -0.465 e. The number of amides is 1. The van der Waals surface area contributed by atoms with E-state index in [1.165, 1.54) is 36.6 Å². The van der Waals surface area contributed by atoms with Gasteiger partial charge in [0.2, 0.25) is 0 Å². The number of halogens is 1. The highest BCUT2D eigenvalue weighted by atomic mass is 35.5. The molecule has 7 heteroatoms. The molecule has 1 aromatic heterocycles. The highest BCUT2D eigenvalue weighted by Crippen LogP contribution is 2.25. The van der Waals surface area contributed by atoms with Gasteiger partial charge >= 0.3 is 5.97 Å². The first kappa shape index (κ1) is 15.5. The van der Waals surface area contributed by atoms with E-state index in [2.05, 4.69) is 15.0 Å². The number of aromatic nitrogens is 1. The third-order valence-electron chi connectivity index (χ3n) is 2.86. The van der Waals surface area contributed by atoms with Crippen molar-refractivity contribution in [1.82, 2.24) is 4.98 Å². The predicted molar refractivity (Wildman–Crippen MR) is 82.3 cm³/mol. The zero-order valence-electron chi connectivity index (χ0n) is 11.7. The number of methoxy groups -OCH3 is 1. The molecular weight excluding hydrogens is 312 g/mol. The molecule has 0 bridgehead atoms. The maximum Gasteiger partial charge on any atom is 0.337 e. The third kappa shape index (κ3) is 3.40. The van der Waals surface area contributed by atoms with E-state index in [0.29, 0.717) is 21.3 Å². The highest BCUT2D eigenvalue weighted by molar-refractivity contribution is 7.13. The first-order valence-corrected chi connectivity index (χ1v) is 7.25. The Kier molecular flexibility index (Phi) is 4.59. The fraction of sp³-hybridized carbons (Fsp3) is 0.214. The van der Waals surface area contributed by atoms with Crippen LogP contribution in [-0.2, 0) is 4.74 Å². The van der Waals surface area contributed by atoms with Gasteiger partial charge in [0.05, 0.1) is 29.1 Å². The van der Waals surface area contributed by atoms with Crippen LogP contribution in [-0.4, -0.2) is 24.0 Å². The number of nitrogens with one attached hydrogen (secondary N) is 1. The Bertz CT molecular complexity index is 693. The molecule has 21 heavy (non-hydrogen) atoms. The zero-order chi connectivity index (χ0) is 15.6. The Balaban J connectivity index is 2.26. The van der Waals surface area contributed by atoms with E-state index in [9.17, 15) is 9.59 Å². The molecule has 0 atom stereocenters. The van der Waals surface area contributed by atoms with Crippen molar-refractivity contribution in [3.05, 3.63) is 44.4 Å². The summed E-state index contributed by atoms with van der Waals surface area (Å²) in [4.78, 5) is 28.8. The van der Waals surface area contributed by atoms with Crippen molar-refractivity contribution in [2.45, 2.75) is 13.8 Å². The Labute approximate surface area is 130 Å². The molecule has 0 aliphatic rings. The van der Waals surface area contributed by atoms with Gasteiger partial charge in [-0.1, -0.05) is 11.6 Å². The van der Waals surface area contributed by atoms with Gasteiger partial charge in [-0.05, 0) is 32.0 Å². The predicted octanol–water partition coefficient (Wildman–Crippen LogP) is 3.45. The summed E-state index contributed by atoms with van der Waals surface area (Å²) in [6.07, 6.45) is 0. The lowest BCUT2D eigenvalue weighted by Crippen LogP contribution is -2.13. The number of ether oxygens (including phenoxy) is 1. The average Bonchev–Trinajstić information content (AvgIpc) is 2.80. The smallest absolute Gasteiger partial charge is 0.337 e. The molecule has 1 aromatic carbocycles. The van der Waals surface area contributed by atoms with E-state index >= 15 is 0 Å². The van der Waals surface area contributed by atoms with Crippen molar-refractivity contribution in [2.75, 3.05) is 12.4 Å². The second kappa shape index (κ2) is 6.24. The monoisotopic (exact) mass is 324 g/mol. The Morgan fingerprint density at radius 1 is 1.33 bits per heavy atom. The quantitative estimate of drug-likeness (QED) is 0.878. The largest absolute Gasteiger partial charge is 0.465 e. The molecule has 0 saturated heterocycles. The summed E-state index contributed by atoms with van der Waals surface area (Å²) in [7, 11) is 1.29. The van der Waals surface area contributed by atoms with E-state index in [1.807, 2.05) is 13.8 Å². The minimum atomic E-state index is -0.497. The molecule has 5 nitrogen and oxygen atoms in total. The van der Waals surface area contributed by atoms with Gasteiger partial charge in [0, 0.05) is 4.88 Å². The second-order valence-electron chi connectivity index (χ2n) is 4.30. The Hall–Kier alpha value is -1.92. The van der Waals surface area contributed by atoms with Crippen molar-refractivity contribution >= 4 is 40.5 Å². The third-order valence-corrected chi connectivity index (χ3v) is 4.26. The van der Waals surface area contributed by atoms with Crippen molar-refractivity contribution < 1.29 is 14.3 Å². The van der Waals surface area contributed by atoms with Crippen molar-refractivity contribution in [3.8, 4) is 0 Å². The number of hydrogen-bond donors (Lipinski definition) is 1. The van der Waals surface area contributed by atoms with Gasteiger partial charge in [-0.15, -0.1) is 11.3 Å². The Morgan fingerprint density at radius 2 is 2.05 bits per heavy atom.